The Labute approximate surface area is 461 Å². The van der Waals surface area contributed by atoms with E-state index < -0.39 is 67.9 Å². The maximum absolute atomic E-state index is 13.6. The van der Waals surface area contributed by atoms with E-state index in [-0.39, 0.29) is 56.8 Å². The molecule has 3 saturated carbocycles. The number of rotatable bonds is 12. The molecule has 0 N–H and O–H groups in total. The first-order valence-electron chi connectivity index (χ1n) is 30.2. The Kier molecular flexibility index (Phi) is 15.9. The molecule has 16 atom stereocenters. The lowest BCUT2D eigenvalue weighted by Crippen LogP contribution is -2.69. The fourth-order valence-corrected chi connectivity index (χ4v) is 33.6. The number of carbonyl (C=O) groups excluding carboxylic acids is 1. The molecule has 76 heavy (non-hydrogen) atoms. The molecule has 1 spiro atoms. The smallest absolute Gasteiger partial charge is 0.335 e. The summed E-state index contributed by atoms with van der Waals surface area (Å²) in [6.07, 6.45) is 8.67. The van der Waals surface area contributed by atoms with Gasteiger partial charge in [0.15, 0.2) is 18.2 Å². The molecule has 0 radical (unpaired) electrons. The Morgan fingerprint density at radius 2 is 1.39 bits per heavy atom. The lowest BCUT2D eigenvalue weighted by molar-refractivity contribution is -0.309. The van der Waals surface area contributed by atoms with Crippen LogP contribution in [0.15, 0.2) is 72.3 Å². The predicted octanol–water partition coefficient (Wildman–Crippen LogP) is 13.3. The third-order valence-corrected chi connectivity index (χ3v) is 36.9. The van der Waals surface area contributed by atoms with Gasteiger partial charge in [-0.1, -0.05) is 176 Å². The number of benzene rings is 2. The maximum Gasteiger partial charge on any atom is 0.335 e. The lowest BCUT2D eigenvalue weighted by atomic mass is 9.47. The van der Waals surface area contributed by atoms with E-state index in [0.717, 1.165) is 45.1 Å². The summed E-state index contributed by atoms with van der Waals surface area (Å²) in [4.78, 5) is 13.6. The number of hydrogen-bond acceptors (Lipinski definition) is 10. The number of ether oxygens (including phenoxy) is 5. The van der Waals surface area contributed by atoms with Crippen molar-refractivity contribution in [2.24, 2.45) is 46.3 Å². The van der Waals surface area contributed by atoms with Gasteiger partial charge in [0, 0.05) is 19.3 Å². The highest BCUT2D eigenvalue weighted by molar-refractivity contribution is 6.99. The second-order valence-electron chi connectivity index (χ2n) is 28.2. The van der Waals surface area contributed by atoms with Gasteiger partial charge in [-0.3, -0.25) is 4.79 Å². The Hall–Kier alpha value is -2.02. The van der Waals surface area contributed by atoms with Gasteiger partial charge in [0.05, 0.1) is 25.4 Å². The predicted molar refractivity (Wildman–Crippen MR) is 307 cm³/mol. The molecule has 8 aliphatic rings. The molecule has 4 aliphatic heterocycles. The van der Waals surface area contributed by atoms with Crippen LogP contribution in [0, 0.1) is 46.3 Å². The molecule has 13 heteroatoms. The number of fused-ring (bicyclic) bond motifs is 8. The van der Waals surface area contributed by atoms with Crippen LogP contribution in [0.2, 0.25) is 27.2 Å². The first-order chi connectivity index (χ1) is 35.9. The topological polar surface area (TPSA) is 100 Å². The molecular formula is C63H98O10Si3. The molecule has 10 rings (SSSR count). The third-order valence-electron chi connectivity index (χ3n) is 21.6. The van der Waals surface area contributed by atoms with E-state index in [4.69, 9.17) is 41.1 Å². The SMILES string of the molecule is CC(=O)O[C@H]1[C@H](O[C@H]2CC[C@@]3(C)C(=CC[C@H]4[C@@H]5C[C@@H]6O[C@]7(CC[C@@H](C)CO7)[C@@H](C)[C@@H]6[C@@]5(C)CC[C@@H]43)C2)O[C@H](CO[Si](c2ccccc2)(c2ccccc2)C(C)(C)C)[C@H]2O[Si](C(C)C)(C(C)C)O[Si](C(C)C)(C(C)C)O[C@H]12. The average molecular weight is 1100 g/mol. The summed E-state index contributed by atoms with van der Waals surface area (Å²) in [6.45, 7) is 37.4. The lowest BCUT2D eigenvalue weighted by Gasteiger charge is -2.59. The fraction of sp³-hybridized carbons (Fsp3) is 0.762. The standard InChI is InChI=1S/C63H98O10Si3/c1-39(2)75(40(3)4)71-56-54(38-66-74(60(12,13)14,48-23-19-17-20-24-48)49-25-21-18-22-26-49)69-59(58(67-45(11)64)57(56)72-76(73-75,41(5)6)42(7)8)68-47-30-32-61(15)46(35-47)27-28-50-51(61)31-33-62(16)52(50)36-53-55(62)44(10)63(70-53)34-29-43(9)37-65-63/h17-27,39-44,47,50-59H,28-38H2,1-16H3/t43-,44+,47+,50-,51+,52+,53+,54-,55+,56-,57+,58-,59-,61+,62+,63-/m1/s1. The summed E-state index contributed by atoms with van der Waals surface area (Å²) in [5, 5.41) is 2.11. The quantitative estimate of drug-likeness (QED) is 0.116. The minimum Gasteiger partial charge on any atom is -0.454 e. The van der Waals surface area contributed by atoms with Gasteiger partial charge < -0.3 is 41.1 Å². The highest BCUT2D eigenvalue weighted by Gasteiger charge is 2.70. The zero-order valence-electron chi connectivity index (χ0n) is 49.5. The number of allylic oxidation sites excluding steroid dienone is 1. The van der Waals surface area contributed by atoms with E-state index in [0.29, 0.717) is 35.5 Å². The molecular weight excluding hydrogens is 1000 g/mol. The van der Waals surface area contributed by atoms with Crippen LogP contribution in [0.1, 0.15) is 169 Å². The summed E-state index contributed by atoms with van der Waals surface area (Å²) in [5.74, 6) is 2.69. The van der Waals surface area contributed by atoms with Crippen molar-refractivity contribution in [1.29, 1.82) is 0 Å². The number of hydrogen-bond donors (Lipinski definition) is 0. The highest BCUT2D eigenvalue weighted by atomic mass is 28.5. The van der Waals surface area contributed by atoms with E-state index in [1.54, 1.807) is 0 Å². The van der Waals surface area contributed by atoms with Crippen molar-refractivity contribution in [2.45, 2.75) is 244 Å². The van der Waals surface area contributed by atoms with Gasteiger partial charge in [0.1, 0.15) is 18.3 Å². The molecule has 2 aromatic rings. The van der Waals surface area contributed by atoms with Crippen LogP contribution < -0.4 is 10.4 Å². The van der Waals surface area contributed by atoms with Gasteiger partial charge in [-0.25, -0.2) is 0 Å². The van der Waals surface area contributed by atoms with Crippen LogP contribution in [0.3, 0.4) is 0 Å². The molecule has 4 heterocycles. The van der Waals surface area contributed by atoms with E-state index in [1.165, 1.54) is 42.1 Å². The van der Waals surface area contributed by atoms with Crippen molar-refractivity contribution < 1.29 is 45.9 Å². The molecule has 10 nitrogen and oxygen atoms in total. The Morgan fingerprint density at radius 3 is 1.95 bits per heavy atom. The summed E-state index contributed by atoms with van der Waals surface area (Å²) in [7, 11) is -9.37. The van der Waals surface area contributed by atoms with Crippen molar-refractivity contribution >= 4 is 41.8 Å². The zero-order valence-corrected chi connectivity index (χ0v) is 52.5. The monoisotopic (exact) mass is 1100 g/mol. The van der Waals surface area contributed by atoms with Gasteiger partial charge in [0.2, 0.25) is 0 Å². The van der Waals surface area contributed by atoms with Gasteiger partial charge in [0.25, 0.3) is 8.32 Å². The minimum atomic E-state index is -3.17. The maximum atomic E-state index is 13.6. The summed E-state index contributed by atoms with van der Waals surface area (Å²) >= 11 is 0. The molecule has 0 aromatic heterocycles. The second kappa shape index (κ2) is 21.1. The average Bonchev–Trinajstić information content (AvgIpc) is 3.78. The van der Waals surface area contributed by atoms with E-state index >= 15 is 0 Å². The van der Waals surface area contributed by atoms with Crippen LogP contribution in [-0.2, 0) is 45.9 Å². The van der Waals surface area contributed by atoms with Crippen LogP contribution in [0.5, 0.6) is 0 Å². The van der Waals surface area contributed by atoms with E-state index in [2.05, 4.69) is 171 Å². The van der Waals surface area contributed by atoms with E-state index in [1.807, 2.05) is 0 Å². The number of esters is 1. The first kappa shape index (κ1) is 57.2. The number of carbonyl (C=O) groups is 1. The summed E-state index contributed by atoms with van der Waals surface area (Å²) in [6, 6.07) is 21.6. The van der Waals surface area contributed by atoms with Gasteiger partial charge in [-0.05, 0) is 129 Å². The first-order valence-corrected chi connectivity index (χ1v) is 36.0. The van der Waals surface area contributed by atoms with Gasteiger partial charge in [-0.15, -0.1) is 0 Å². The zero-order chi connectivity index (χ0) is 54.5. The largest absolute Gasteiger partial charge is 0.454 e. The van der Waals surface area contributed by atoms with Crippen LogP contribution in [0.4, 0.5) is 0 Å². The Morgan fingerprint density at radius 1 is 0.789 bits per heavy atom. The third kappa shape index (κ3) is 9.35. The summed E-state index contributed by atoms with van der Waals surface area (Å²) in [5.41, 5.74) is 2.22. The van der Waals surface area contributed by atoms with Gasteiger partial charge in [-0.2, -0.15) is 0 Å². The molecule has 4 saturated heterocycles. The molecule has 0 amide bonds. The van der Waals surface area contributed by atoms with Crippen molar-refractivity contribution in [3.05, 3.63) is 72.3 Å². The highest BCUT2D eigenvalue weighted by Crippen LogP contribution is 2.71. The minimum absolute atomic E-state index is 0.0770. The molecule has 422 valence electrons. The normalized spacial score (nSPS) is 40.0. The Bertz CT molecular complexity index is 2330. The van der Waals surface area contributed by atoms with E-state index in [9.17, 15) is 4.79 Å². The fourth-order valence-electron chi connectivity index (χ4n) is 17.7. The second-order valence-corrected chi connectivity index (χ2v) is 41.3. The van der Waals surface area contributed by atoms with Crippen molar-refractivity contribution in [1.82, 2.24) is 0 Å². The van der Waals surface area contributed by atoms with Gasteiger partial charge >= 0.3 is 23.1 Å². The molecule has 7 fully saturated rings. The molecule has 4 aliphatic carbocycles. The molecule has 0 unspecified atom stereocenters. The Balaban J connectivity index is 0.981. The van der Waals surface area contributed by atoms with Crippen molar-refractivity contribution in [3.63, 3.8) is 0 Å². The van der Waals surface area contributed by atoms with Crippen LogP contribution >= 0.6 is 0 Å². The molecule has 2 aromatic carbocycles. The van der Waals surface area contributed by atoms with Crippen molar-refractivity contribution in [2.75, 3.05) is 13.2 Å². The van der Waals surface area contributed by atoms with Crippen molar-refractivity contribution in [3.8, 4) is 0 Å². The molecule has 0 bridgehead atoms. The van der Waals surface area contributed by atoms with Crippen LogP contribution in [0.25, 0.3) is 0 Å². The van der Waals surface area contributed by atoms with Crippen LogP contribution in [-0.4, -0.2) is 93.3 Å². The summed E-state index contributed by atoms with van der Waals surface area (Å²) < 4.78 is 66.5.